The van der Waals surface area contributed by atoms with Gasteiger partial charge in [0.1, 0.15) is 0 Å². The number of hydrogen-bond acceptors (Lipinski definition) is 4. The van der Waals surface area contributed by atoms with Gasteiger partial charge in [0, 0.05) is 23.8 Å². The summed E-state index contributed by atoms with van der Waals surface area (Å²) in [6.45, 7) is 4.39. The molecule has 1 saturated heterocycles. The summed E-state index contributed by atoms with van der Waals surface area (Å²) in [5.74, 6) is 0.425. The van der Waals surface area contributed by atoms with Crippen LogP contribution >= 0.6 is 11.3 Å². The fourth-order valence-electron chi connectivity index (χ4n) is 3.08. The third-order valence-electron chi connectivity index (χ3n) is 4.36. The first-order chi connectivity index (χ1) is 10.3. The average molecular weight is 305 g/mol. The van der Waals surface area contributed by atoms with Crippen molar-refractivity contribution in [2.75, 3.05) is 19.6 Å². The Hall–Kier alpha value is -1.17. The number of piperidine rings is 1. The zero-order valence-electron chi connectivity index (χ0n) is 12.3. The van der Waals surface area contributed by atoms with E-state index >= 15 is 0 Å². The summed E-state index contributed by atoms with van der Waals surface area (Å²) < 4.78 is 2.13. The molecule has 114 valence electrons. The van der Waals surface area contributed by atoms with Gasteiger partial charge in [-0.3, -0.25) is 0 Å². The number of aromatic nitrogens is 2. The maximum Gasteiger partial charge on any atom is 0.0945 e. The van der Waals surface area contributed by atoms with Crippen LogP contribution < -0.4 is 0 Å². The molecule has 3 heterocycles. The molecule has 1 atom stereocenters. The fourth-order valence-corrected chi connectivity index (χ4v) is 3.88. The Morgan fingerprint density at radius 1 is 1.33 bits per heavy atom. The van der Waals surface area contributed by atoms with Crippen molar-refractivity contribution in [1.82, 2.24) is 14.5 Å². The van der Waals surface area contributed by atoms with Crippen molar-refractivity contribution in [3.05, 3.63) is 41.1 Å². The lowest BCUT2D eigenvalue weighted by Gasteiger charge is -2.34. The third-order valence-corrected chi connectivity index (χ3v) is 5.31. The number of nitrogens with zero attached hydrogens (tertiary/aromatic N) is 3. The van der Waals surface area contributed by atoms with Gasteiger partial charge in [-0.05, 0) is 56.3 Å². The summed E-state index contributed by atoms with van der Waals surface area (Å²) in [5.41, 5.74) is 0. The van der Waals surface area contributed by atoms with Crippen molar-refractivity contribution in [3.63, 3.8) is 0 Å². The number of aliphatic hydroxyl groups is 1. The summed E-state index contributed by atoms with van der Waals surface area (Å²) in [4.78, 5) is 7.71. The minimum Gasteiger partial charge on any atom is -0.387 e. The van der Waals surface area contributed by atoms with Crippen molar-refractivity contribution in [3.8, 4) is 0 Å². The van der Waals surface area contributed by atoms with Crippen molar-refractivity contribution in [1.29, 1.82) is 0 Å². The number of imidazole rings is 1. The first kappa shape index (κ1) is 14.8. The van der Waals surface area contributed by atoms with Crippen LogP contribution in [-0.4, -0.2) is 39.2 Å². The largest absolute Gasteiger partial charge is 0.387 e. The highest BCUT2D eigenvalue weighted by Crippen LogP contribution is 2.32. The van der Waals surface area contributed by atoms with Crippen LogP contribution in [-0.2, 0) is 6.54 Å². The molecule has 1 fully saturated rings. The van der Waals surface area contributed by atoms with Gasteiger partial charge in [0.2, 0.25) is 0 Å². The van der Waals surface area contributed by atoms with E-state index in [-0.39, 0.29) is 6.10 Å². The first-order valence-electron chi connectivity index (χ1n) is 7.72. The average Bonchev–Trinajstić information content (AvgIpc) is 3.21. The molecule has 0 bridgehead atoms. The molecule has 5 heteroatoms. The van der Waals surface area contributed by atoms with E-state index < -0.39 is 0 Å². The highest BCUT2D eigenvalue weighted by Gasteiger charge is 2.26. The predicted molar refractivity (Wildman–Crippen MR) is 85.3 cm³/mol. The van der Waals surface area contributed by atoms with Gasteiger partial charge in [-0.25, -0.2) is 4.98 Å². The predicted octanol–water partition coefficient (Wildman–Crippen LogP) is 2.78. The van der Waals surface area contributed by atoms with Crippen LogP contribution in [0.4, 0.5) is 0 Å². The quantitative estimate of drug-likeness (QED) is 0.892. The van der Waals surface area contributed by atoms with Gasteiger partial charge in [-0.2, -0.15) is 0 Å². The Labute approximate surface area is 130 Å². The summed E-state index contributed by atoms with van der Waals surface area (Å²) in [6, 6.07) is 4.07. The Kier molecular flexibility index (Phi) is 5.06. The van der Waals surface area contributed by atoms with Crippen LogP contribution in [0.2, 0.25) is 0 Å². The number of hydrogen-bond donors (Lipinski definition) is 1. The SMILES string of the molecule is OC(c1cccs1)C1CCN(CCCn2ccnc2)CC1. The molecule has 0 amide bonds. The standard InChI is InChI=1S/C16H23N3OS/c20-16(15-3-1-12-21-15)14-4-9-18(10-5-14)7-2-8-19-11-6-17-13-19/h1,3,6,11-14,16,20H,2,4-5,7-10H2. The fraction of sp³-hybridized carbons (Fsp3) is 0.562. The molecule has 1 N–H and O–H groups in total. The van der Waals surface area contributed by atoms with Crippen LogP contribution in [0.3, 0.4) is 0 Å². The van der Waals surface area contributed by atoms with Gasteiger partial charge >= 0.3 is 0 Å². The van der Waals surface area contributed by atoms with Crippen molar-refractivity contribution in [2.24, 2.45) is 5.92 Å². The summed E-state index contributed by atoms with van der Waals surface area (Å²) in [5, 5.41) is 12.4. The summed E-state index contributed by atoms with van der Waals surface area (Å²) in [7, 11) is 0. The third kappa shape index (κ3) is 3.93. The molecule has 0 radical (unpaired) electrons. The van der Waals surface area contributed by atoms with Crippen molar-refractivity contribution >= 4 is 11.3 Å². The minimum atomic E-state index is -0.266. The number of aryl methyl sites for hydroxylation is 1. The van der Waals surface area contributed by atoms with Crippen LogP contribution in [0, 0.1) is 5.92 Å². The van der Waals surface area contributed by atoms with E-state index in [4.69, 9.17) is 0 Å². The van der Waals surface area contributed by atoms with E-state index in [1.54, 1.807) is 11.3 Å². The number of likely N-dealkylation sites (tertiary alicyclic amines) is 1. The molecule has 1 aliphatic heterocycles. The molecule has 3 rings (SSSR count). The Morgan fingerprint density at radius 2 is 2.19 bits per heavy atom. The molecule has 0 spiro atoms. The molecule has 2 aromatic rings. The molecule has 21 heavy (non-hydrogen) atoms. The molecule has 1 unspecified atom stereocenters. The van der Waals surface area contributed by atoms with Gasteiger partial charge < -0.3 is 14.6 Å². The molecular formula is C16H23N3OS. The highest BCUT2D eigenvalue weighted by atomic mass is 32.1. The molecule has 0 saturated carbocycles. The lowest BCUT2D eigenvalue weighted by atomic mass is 9.90. The number of aliphatic hydroxyl groups excluding tert-OH is 1. The second kappa shape index (κ2) is 7.20. The van der Waals surface area contributed by atoms with E-state index in [0.717, 1.165) is 50.3 Å². The van der Waals surface area contributed by atoms with E-state index in [9.17, 15) is 5.11 Å². The van der Waals surface area contributed by atoms with Gasteiger partial charge in [-0.15, -0.1) is 11.3 Å². The van der Waals surface area contributed by atoms with E-state index in [1.807, 2.05) is 36.2 Å². The highest BCUT2D eigenvalue weighted by molar-refractivity contribution is 7.10. The van der Waals surface area contributed by atoms with E-state index in [2.05, 4.69) is 14.5 Å². The van der Waals surface area contributed by atoms with Crippen LogP contribution in [0.25, 0.3) is 0 Å². The molecule has 1 aliphatic rings. The lowest BCUT2D eigenvalue weighted by Crippen LogP contribution is -2.36. The smallest absolute Gasteiger partial charge is 0.0945 e. The number of rotatable bonds is 6. The zero-order chi connectivity index (χ0) is 14.5. The number of thiophene rings is 1. The second-order valence-corrected chi connectivity index (χ2v) is 6.77. The van der Waals surface area contributed by atoms with Crippen LogP contribution in [0.1, 0.15) is 30.2 Å². The van der Waals surface area contributed by atoms with Crippen LogP contribution in [0.5, 0.6) is 0 Å². The minimum absolute atomic E-state index is 0.266. The van der Waals surface area contributed by atoms with Crippen molar-refractivity contribution in [2.45, 2.75) is 31.9 Å². The maximum atomic E-state index is 10.4. The monoisotopic (exact) mass is 305 g/mol. The summed E-state index contributed by atoms with van der Waals surface area (Å²) >= 11 is 1.67. The molecular weight excluding hydrogens is 282 g/mol. The first-order valence-corrected chi connectivity index (χ1v) is 8.60. The lowest BCUT2D eigenvalue weighted by molar-refractivity contribution is 0.0606. The van der Waals surface area contributed by atoms with Gasteiger partial charge in [0.15, 0.2) is 0 Å². The zero-order valence-corrected chi connectivity index (χ0v) is 13.1. The van der Waals surface area contributed by atoms with Crippen molar-refractivity contribution < 1.29 is 5.11 Å². The van der Waals surface area contributed by atoms with Gasteiger partial charge in [0.05, 0.1) is 12.4 Å². The second-order valence-electron chi connectivity index (χ2n) is 5.79. The Morgan fingerprint density at radius 3 is 2.86 bits per heavy atom. The van der Waals surface area contributed by atoms with E-state index in [1.165, 1.54) is 0 Å². The molecule has 2 aromatic heterocycles. The summed E-state index contributed by atoms with van der Waals surface area (Å²) in [6.07, 6.45) is 8.83. The Balaban J connectivity index is 1.38. The molecule has 0 aromatic carbocycles. The van der Waals surface area contributed by atoms with Gasteiger partial charge in [-0.1, -0.05) is 6.07 Å². The van der Waals surface area contributed by atoms with Gasteiger partial charge in [0.25, 0.3) is 0 Å². The Bertz CT molecular complexity index is 504. The molecule has 4 nitrogen and oxygen atoms in total. The normalized spacial score (nSPS) is 18.9. The van der Waals surface area contributed by atoms with Crippen LogP contribution in [0.15, 0.2) is 36.2 Å². The van der Waals surface area contributed by atoms with E-state index in [0.29, 0.717) is 5.92 Å². The topological polar surface area (TPSA) is 41.3 Å². The maximum absolute atomic E-state index is 10.4. The molecule has 0 aliphatic carbocycles.